The van der Waals surface area contributed by atoms with Crippen molar-refractivity contribution in [1.29, 1.82) is 0 Å². The Kier molecular flexibility index (Phi) is 3.19. The van der Waals surface area contributed by atoms with Crippen molar-refractivity contribution in [3.63, 3.8) is 0 Å². The second kappa shape index (κ2) is 4.64. The number of carbonyl (C=O) groups is 1. The molecule has 0 spiro atoms. The summed E-state index contributed by atoms with van der Waals surface area (Å²) in [5.41, 5.74) is 0.906. The zero-order valence-electron chi connectivity index (χ0n) is 10.4. The van der Waals surface area contributed by atoms with E-state index in [2.05, 4.69) is 13.8 Å². The SMILES string of the molecule is CC(C)c1ccc2c(=O)n(CC(=O)O)ccc2c1. The van der Waals surface area contributed by atoms with E-state index < -0.39 is 5.97 Å². The topological polar surface area (TPSA) is 59.3 Å². The van der Waals surface area contributed by atoms with E-state index in [9.17, 15) is 9.59 Å². The summed E-state index contributed by atoms with van der Waals surface area (Å²) in [6.07, 6.45) is 1.53. The number of pyridine rings is 1. The lowest BCUT2D eigenvalue weighted by atomic mass is 10.0. The van der Waals surface area contributed by atoms with Gasteiger partial charge in [-0.1, -0.05) is 26.0 Å². The molecule has 0 saturated heterocycles. The van der Waals surface area contributed by atoms with Gasteiger partial charge in [-0.05, 0) is 29.0 Å². The summed E-state index contributed by atoms with van der Waals surface area (Å²) < 4.78 is 1.21. The van der Waals surface area contributed by atoms with Crippen LogP contribution in [-0.2, 0) is 11.3 Å². The van der Waals surface area contributed by atoms with E-state index in [1.54, 1.807) is 12.1 Å². The van der Waals surface area contributed by atoms with Crippen LogP contribution >= 0.6 is 0 Å². The van der Waals surface area contributed by atoms with E-state index in [1.807, 2.05) is 12.1 Å². The summed E-state index contributed by atoms with van der Waals surface area (Å²) in [7, 11) is 0. The largest absolute Gasteiger partial charge is 0.480 e. The molecule has 0 unspecified atom stereocenters. The number of aromatic nitrogens is 1. The van der Waals surface area contributed by atoms with Crippen LogP contribution in [0.2, 0.25) is 0 Å². The Morgan fingerprint density at radius 3 is 2.67 bits per heavy atom. The van der Waals surface area contributed by atoms with Gasteiger partial charge in [-0.2, -0.15) is 0 Å². The first kappa shape index (κ1) is 12.4. The number of rotatable bonds is 3. The average molecular weight is 245 g/mol. The van der Waals surface area contributed by atoms with Crippen molar-refractivity contribution in [2.24, 2.45) is 0 Å². The molecule has 0 aliphatic heterocycles. The molecule has 4 heteroatoms. The van der Waals surface area contributed by atoms with E-state index in [0.717, 1.165) is 10.9 Å². The predicted molar refractivity (Wildman–Crippen MR) is 69.9 cm³/mol. The molecule has 1 aromatic carbocycles. The molecule has 0 fully saturated rings. The highest BCUT2D eigenvalue weighted by molar-refractivity contribution is 5.82. The first-order chi connectivity index (χ1) is 8.49. The minimum absolute atomic E-state index is 0.259. The lowest BCUT2D eigenvalue weighted by Crippen LogP contribution is -2.23. The average Bonchev–Trinajstić information content (AvgIpc) is 2.32. The molecule has 1 aromatic heterocycles. The van der Waals surface area contributed by atoms with Gasteiger partial charge >= 0.3 is 5.97 Å². The van der Waals surface area contributed by atoms with Gasteiger partial charge in [-0.15, -0.1) is 0 Å². The van der Waals surface area contributed by atoms with Crippen molar-refractivity contribution >= 4 is 16.7 Å². The molecular weight excluding hydrogens is 230 g/mol. The van der Waals surface area contributed by atoms with Crippen molar-refractivity contribution in [2.45, 2.75) is 26.3 Å². The number of nitrogens with zero attached hydrogens (tertiary/aromatic N) is 1. The second-order valence-corrected chi connectivity index (χ2v) is 4.64. The van der Waals surface area contributed by atoms with Crippen LogP contribution in [0.4, 0.5) is 0 Å². The van der Waals surface area contributed by atoms with Crippen LogP contribution in [0.25, 0.3) is 10.8 Å². The lowest BCUT2D eigenvalue weighted by molar-refractivity contribution is -0.137. The molecule has 0 aliphatic carbocycles. The third-order valence-corrected chi connectivity index (χ3v) is 2.97. The number of carboxylic acid groups (broad SMARTS) is 1. The number of hydrogen-bond donors (Lipinski definition) is 1. The Hall–Kier alpha value is -2.10. The van der Waals surface area contributed by atoms with Crippen molar-refractivity contribution in [3.8, 4) is 0 Å². The van der Waals surface area contributed by atoms with Crippen LogP contribution in [0.1, 0.15) is 25.3 Å². The molecule has 4 nitrogen and oxygen atoms in total. The van der Waals surface area contributed by atoms with Gasteiger partial charge in [-0.3, -0.25) is 9.59 Å². The van der Waals surface area contributed by atoms with Crippen molar-refractivity contribution in [2.75, 3.05) is 0 Å². The summed E-state index contributed by atoms with van der Waals surface area (Å²) in [4.78, 5) is 22.7. The van der Waals surface area contributed by atoms with E-state index >= 15 is 0 Å². The lowest BCUT2D eigenvalue weighted by Gasteiger charge is -2.08. The molecule has 0 radical (unpaired) electrons. The fourth-order valence-electron chi connectivity index (χ4n) is 1.94. The maximum Gasteiger partial charge on any atom is 0.323 e. The van der Waals surface area contributed by atoms with Crippen molar-refractivity contribution in [3.05, 3.63) is 46.4 Å². The van der Waals surface area contributed by atoms with Crippen LogP contribution in [0.3, 0.4) is 0 Å². The third kappa shape index (κ3) is 2.27. The van der Waals surface area contributed by atoms with E-state index in [-0.39, 0.29) is 12.1 Å². The number of benzene rings is 1. The minimum atomic E-state index is -1.02. The fraction of sp³-hybridized carbons (Fsp3) is 0.286. The number of aliphatic carboxylic acids is 1. The standard InChI is InChI=1S/C14H15NO3/c1-9(2)10-3-4-12-11(7-10)5-6-15(14(12)18)8-13(16)17/h3-7,9H,8H2,1-2H3,(H,16,17). The van der Waals surface area contributed by atoms with Gasteiger partial charge in [0.15, 0.2) is 0 Å². The van der Waals surface area contributed by atoms with E-state index in [1.165, 1.54) is 10.8 Å². The number of fused-ring (bicyclic) bond motifs is 1. The second-order valence-electron chi connectivity index (χ2n) is 4.64. The normalized spacial score (nSPS) is 11.1. The minimum Gasteiger partial charge on any atom is -0.480 e. The maximum absolute atomic E-state index is 12.0. The van der Waals surface area contributed by atoms with Crippen LogP contribution in [0.15, 0.2) is 35.3 Å². The fourth-order valence-corrected chi connectivity index (χ4v) is 1.94. The molecule has 18 heavy (non-hydrogen) atoms. The van der Waals surface area contributed by atoms with Crippen LogP contribution < -0.4 is 5.56 Å². The van der Waals surface area contributed by atoms with Crippen molar-refractivity contribution < 1.29 is 9.90 Å². The summed E-state index contributed by atoms with van der Waals surface area (Å²) >= 11 is 0. The van der Waals surface area contributed by atoms with Gasteiger partial charge in [0.25, 0.3) is 5.56 Å². The first-order valence-corrected chi connectivity index (χ1v) is 5.84. The summed E-state index contributed by atoms with van der Waals surface area (Å²) in [5, 5.41) is 10.1. The Balaban J connectivity index is 2.59. The van der Waals surface area contributed by atoms with Gasteiger partial charge in [0.2, 0.25) is 0 Å². The molecule has 0 bridgehead atoms. The van der Waals surface area contributed by atoms with Gasteiger partial charge in [-0.25, -0.2) is 0 Å². The van der Waals surface area contributed by atoms with Crippen LogP contribution in [0.5, 0.6) is 0 Å². The van der Waals surface area contributed by atoms with Gasteiger partial charge in [0, 0.05) is 11.6 Å². The summed E-state index contributed by atoms with van der Waals surface area (Å²) in [5.74, 6) is -0.619. The Morgan fingerprint density at radius 2 is 2.06 bits per heavy atom. The van der Waals surface area contributed by atoms with Gasteiger partial charge in [0.05, 0.1) is 0 Å². The molecule has 2 rings (SSSR count). The predicted octanol–water partition coefficient (Wildman–Crippen LogP) is 2.21. The molecule has 0 saturated carbocycles. The van der Waals surface area contributed by atoms with Gasteiger partial charge < -0.3 is 9.67 Å². The highest BCUT2D eigenvalue weighted by atomic mass is 16.4. The smallest absolute Gasteiger partial charge is 0.323 e. The van der Waals surface area contributed by atoms with Crippen molar-refractivity contribution in [1.82, 2.24) is 4.57 Å². The molecule has 2 aromatic rings. The quantitative estimate of drug-likeness (QED) is 0.901. The summed E-state index contributed by atoms with van der Waals surface area (Å²) in [6.45, 7) is 3.88. The van der Waals surface area contributed by atoms with E-state index in [4.69, 9.17) is 5.11 Å². The monoisotopic (exact) mass is 245 g/mol. The zero-order valence-corrected chi connectivity index (χ0v) is 10.4. The Bertz CT molecular complexity index is 656. The number of hydrogen-bond acceptors (Lipinski definition) is 2. The first-order valence-electron chi connectivity index (χ1n) is 5.84. The van der Waals surface area contributed by atoms with E-state index in [0.29, 0.717) is 11.3 Å². The summed E-state index contributed by atoms with van der Waals surface area (Å²) in [6, 6.07) is 7.45. The molecule has 94 valence electrons. The highest BCUT2D eigenvalue weighted by Crippen LogP contribution is 2.19. The molecular formula is C14H15NO3. The van der Waals surface area contributed by atoms with Crippen LogP contribution in [-0.4, -0.2) is 15.6 Å². The molecule has 1 N–H and O–H groups in total. The Morgan fingerprint density at radius 1 is 1.33 bits per heavy atom. The third-order valence-electron chi connectivity index (χ3n) is 2.97. The Labute approximate surface area is 104 Å². The molecule has 0 amide bonds. The zero-order chi connectivity index (χ0) is 13.3. The van der Waals surface area contributed by atoms with Gasteiger partial charge in [0.1, 0.15) is 6.54 Å². The molecule has 1 heterocycles. The maximum atomic E-state index is 12.0. The molecule has 0 aliphatic rings. The van der Waals surface area contributed by atoms with Crippen LogP contribution in [0, 0.1) is 0 Å². The molecule has 0 atom stereocenters. The highest BCUT2D eigenvalue weighted by Gasteiger charge is 2.07. The number of carboxylic acids is 1.